The highest BCUT2D eigenvalue weighted by Gasteiger charge is 2.16. The summed E-state index contributed by atoms with van der Waals surface area (Å²) in [5, 5.41) is 9.38. The Labute approximate surface area is 198 Å². The van der Waals surface area contributed by atoms with Crippen molar-refractivity contribution >= 4 is 56.7 Å². The van der Waals surface area contributed by atoms with Gasteiger partial charge < -0.3 is 16.4 Å². The molecule has 5 aromatic rings. The number of imidazole rings is 1. The quantitative estimate of drug-likeness (QED) is 0.214. The number of pyridine rings is 1. The van der Waals surface area contributed by atoms with Gasteiger partial charge in [-0.3, -0.25) is 9.20 Å². The molecule has 2 aromatic carbocycles. The molecule has 3 heterocycles. The fraction of sp³-hybridized carbons (Fsp3) is 0.0417. The second-order valence-electron chi connectivity index (χ2n) is 7.37. The summed E-state index contributed by atoms with van der Waals surface area (Å²) in [6.07, 6.45) is 0. The Morgan fingerprint density at radius 3 is 2.61 bits per heavy atom. The number of anilines is 4. The first-order chi connectivity index (χ1) is 16.0. The minimum Gasteiger partial charge on any atom is -0.397 e. The van der Waals surface area contributed by atoms with Crippen LogP contribution in [0.5, 0.6) is 0 Å². The number of nitrogens with zero attached hydrogens (tertiary/aromatic N) is 3. The number of para-hydroxylation sites is 2. The number of aromatic nitrogens is 3. The number of amides is 1. The lowest BCUT2D eigenvalue weighted by atomic mass is 10.2. The van der Waals surface area contributed by atoms with Crippen LogP contribution in [0.2, 0.25) is 5.15 Å². The fourth-order valence-corrected chi connectivity index (χ4v) is 4.50. The summed E-state index contributed by atoms with van der Waals surface area (Å²) in [6, 6.07) is 19.9. The number of rotatable bonds is 5. The summed E-state index contributed by atoms with van der Waals surface area (Å²) in [7, 11) is 0. The molecule has 9 heteroatoms. The maximum absolute atomic E-state index is 12.5. The minimum absolute atomic E-state index is 0.226. The van der Waals surface area contributed by atoms with Crippen LogP contribution in [0.15, 0.2) is 72.1 Å². The molecule has 0 spiro atoms. The van der Waals surface area contributed by atoms with E-state index in [1.54, 1.807) is 24.3 Å². The lowest BCUT2D eigenvalue weighted by Gasteiger charge is -2.08. The number of hydrogen-bond acceptors (Lipinski definition) is 6. The highest BCUT2D eigenvalue weighted by molar-refractivity contribution is 7.14. The Morgan fingerprint density at radius 2 is 1.82 bits per heavy atom. The molecule has 4 N–H and O–H groups in total. The largest absolute Gasteiger partial charge is 0.397 e. The fourth-order valence-electron chi connectivity index (χ4n) is 3.54. The Kier molecular flexibility index (Phi) is 5.45. The van der Waals surface area contributed by atoms with Gasteiger partial charge in [-0.15, -0.1) is 11.3 Å². The van der Waals surface area contributed by atoms with E-state index in [4.69, 9.17) is 22.3 Å². The SMILES string of the molecule is Cc1nc2cccc(Cl)n2c1-c1csc(Nc2ccc(C(=O)Nc3ccccc3N)cc2)n1. The second-order valence-corrected chi connectivity index (χ2v) is 8.61. The number of carbonyl (C=O) groups is 1. The van der Waals surface area contributed by atoms with Gasteiger partial charge in [0, 0.05) is 16.6 Å². The molecule has 0 radical (unpaired) electrons. The van der Waals surface area contributed by atoms with Gasteiger partial charge in [-0.1, -0.05) is 29.8 Å². The Bertz CT molecular complexity index is 1470. The first kappa shape index (κ1) is 21.0. The monoisotopic (exact) mass is 474 g/mol. The van der Waals surface area contributed by atoms with Crippen LogP contribution in [0.25, 0.3) is 17.0 Å². The van der Waals surface area contributed by atoms with E-state index < -0.39 is 0 Å². The lowest BCUT2D eigenvalue weighted by Crippen LogP contribution is -2.13. The van der Waals surface area contributed by atoms with Crippen molar-refractivity contribution < 1.29 is 4.79 Å². The van der Waals surface area contributed by atoms with E-state index >= 15 is 0 Å². The van der Waals surface area contributed by atoms with Gasteiger partial charge in [0.25, 0.3) is 5.91 Å². The van der Waals surface area contributed by atoms with Crippen LogP contribution >= 0.6 is 22.9 Å². The zero-order valence-electron chi connectivity index (χ0n) is 17.5. The molecule has 164 valence electrons. The van der Waals surface area contributed by atoms with Gasteiger partial charge in [-0.2, -0.15) is 0 Å². The molecule has 0 aliphatic rings. The molecule has 0 saturated carbocycles. The van der Waals surface area contributed by atoms with Crippen molar-refractivity contribution in [2.24, 2.45) is 0 Å². The van der Waals surface area contributed by atoms with E-state index in [9.17, 15) is 4.79 Å². The predicted molar refractivity (Wildman–Crippen MR) is 135 cm³/mol. The minimum atomic E-state index is -0.226. The number of nitrogens with two attached hydrogens (primary N) is 1. The first-order valence-electron chi connectivity index (χ1n) is 10.1. The molecule has 0 saturated heterocycles. The molecule has 0 bridgehead atoms. The van der Waals surface area contributed by atoms with Crippen molar-refractivity contribution in [3.05, 3.63) is 88.5 Å². The lowest BCUT2D eigenvalue weighted by molar-refractivity contribution is 0.102. The molecular formula is C24H19ClN6OS. The third-order valence-electron chi connectivity index (χ3n) is 5.12. The molecule has 5 rings (SSSR count). The van der Waals surface area contributed by atoms with Crippen molar-refractivity contribution in [1.82, 2.24) is 14.4 Å². The summed E-state index contributed by atoms with van der Waals surface area (Å²) in [5.74, 6) is -0.226. The summed E-state index contributed by atoms with van der Waals surface area (Å²) in [4.78, 5) is 21.8. The van der Waals surface area contributed by atoms with Gasteiger partial charge in [0.05, 0.1) is 22.8 Å². The van der Waals surface area contributed by atoms with Gasteiger partial charge in [0.15, 0.2) is 5.13 Å². The molecule has 0 aliphatic heterocycles. The molecule has 0 atom stereocenters. The second kappa shape index (κ2) is 8.57. The van der Waals surface area contributed by atoms with Crippen molar-refractivity contribution in [3.8, 4) is 11.4 Å². The van der Waals surface area contributed by atoms with Crippen LogP contribution in [0.1, 0.15) is 16.1 Å². The van der Waals surface area contributed by atoms with Crippen LogP contribution in [-0.2, 0) is 0 Å². The molecule has 0 fully saturated rings. The van der Waals surface area contributed by atoms with E-state index in [0.717, 1.165) is 33.5 Å². The summed E-state index contributed by atoms with van der Waals surface area (Å²) in [5.41, 5.74) is 11.6. The number of nitrogens with one attached hydrogen (secondary N) is 2. The maximum Gasteiger partial charge on any atom is 0.255 e. The van der Waals surface area contributed by atoms with Crippen LogP contribution < -0.4 is 16.4 Å². The van der Waals surface area contributed by atoms with Crippen LogP contribution in [0.3, 0.4) is 0 Å². The van der Waals surface area contributed by atoms with Crippen molar-refractivity contribution in [1.29, 1.82) is 0 Å². The van der Waals surface area contributed by atoms with Crippen LogP contribution in [0, 0.1) is 6.92 Å². The number of thiazole rings is 1. The number of hydrogen-bond donors (Lipinski definition) is 3. The number of fused-ring (bicyclic) bond motifs is 1. The number of aryl methyl sites for hydroxylation is 1. The molecule has 1 amide bonds. The summed E-state index contributed by atoms with van der Waals surface area (Å²) < 4.78 is 1.89. The normalized spacial score (nSPS) is 11.0. The highest BCUT2D eigenvalue weighted by Crippen LogP contribution is 2.31. The predicted octanol–water partition coefficient (Wildman–Crippen LogP) is 6.00. The van der Waals surface area contributed by atoms with Crippen molar-refractivity contribution in [3.63, 3.8) is 0 Å². The van der Waals surface area contributed by atoms with Gasteiger partial charge in [-0.05, 0) is 55.5 Å². The van der Waals surface area contributed by atoms with Crippen LogP contribution in [0.4, 0.5) is 22.2 Å². The third-order valence-corrected chi connectivity index (χ3v) is 6.18. The summed E-state index contributed by atoms with van der Waals surface area (Å²) in [6.45, 7) is 1.94. The standard InChI is InChI=1S/C24H19ClN6OS/c1-14-22(31-20(25)7-4-8-21(31)27-14)19-13-33-24(30-19)28-16-11-9-15(10-12-16)23(32)29-18-6-3-2-5-17(18)26/h2-13H,26H2,1H3,(H,28,30)(H,29,32). The van der Waals surface area contributed by atoms with Gasteiger partial charge in [0.2, 0.25) is 0 Å². The number of benzene rings is 2. The number of carbonyl (C=O) groups excluding carboxylic acids is 1. The van der Waals surface area contributed by atoms with Crippen molar-refractivity contribution in [2.45, 2.75) is 6.92 Å². The van der Waals surface area contributed by atoms with Crippen molar-refractivity contribution in [2.75, 3.05) is 16.4 Å². The van der Waals surface area contributed by atoms with E-state index in [0.29, 0.717) is 22.1 Å². The number of halogens is 1. The Hall–Kier alpha value is -3.88. The van der Waals surface area contributed by atoms with E-state index in [1.165, 1.54) is 11.3 Å². The van der Waals surface area contributed by atoms with Crippen LogP contribution in [-0.4, -0.2) is 20.3 Å². The Balaban J connectivity index is 1.33. The molecule has 0 unspecified atom stereocenters. The van der Waals surface area contributed by atoms with E-state index in [-0.39, 0.29) is 5.91 Å². The van der Waals surface area contributed by atoms with Gasteiger partial charge in [0.1, 0.15) is 16.5 Å². The average Bonchev–Trinajstić information content (AvgIpc) is 3.39. The molecule has 7 nitrogen and oxygen atoms in total. The zero-order valence-corrected chi connectivity index (χ0v) is 19.1. The topological polar surface area (TPSA) is 97.3 Å². The molecule has 0 aliphatic carbocycles. The van der Waals surface area contributed by atoms with Gasteiger partial charge in [-0.25, -0.2) is 9.97 Å². The highest BCUT2D eigenvalue weighted by atomic mass is 35.5. The molecule has 3 aromatic heterocycles. The third kappa shape index (κ3) is 4.13. The first-order valence-corrected chi connectivity index (χ1v) is 11.4. The van der Waals surface area contributed by atoms with E-state index in [1.807, 2.05) is 59.2 Å². The Morgan fingerprint density at radius 1 is 1.03 bits per heavy atom. The molecule has 33 heavy (non-hydrogen) atoms. The zero-order chi connectivity index (χ0) is 22.9. The van der Waals surface area contributed by atoms with Gasteiger partial charge >= 0.3 is 0 Å². The smallest absolute Gasteiger partial charge is 0.255 e. The average molecular weight is 475 g/mol. The molecular weight excluding hydrogens is 456 g/mol. The number of nitrogen functional groups attached to an aromatic ring is 1. The summed E-state index contributed by atoms with van der Waals surface area (Å²) >= 11 is 7.89. The van der Waals surface area contributed by atoms with E-state index in [2.05, 4.69) is 15.6 Å². The maximum atomic E-state index is 12.5.